The molecule has 1 heterocycles. The van der Waals surface area contributed by atoms with Crippen LogP contribution in [0.5, 0.6) is 5.75 Å². The lowest BCUT2D eigenvalue weighted by molar-refractivity contribution is 0.147. The Morgan fingerprint density at radius 3 is 2.67 bits per heavy atom. The zero-order valence-electron chi connectivity index (χ0n) is 5.84. The average Bonchev–Trinajstić information content (AvgIpc) is 1.96. The van der Waals surface area contributed by atoms with Crippen LogP contribution in [-0.2, 0) is 0 Å². The first kappa shape index (κ1) is 8.51. The maximum absolute atomic E-state index is 12.0. The van der Waals surface area contributed by atoms with E-state index in [1.54, 1.807) is 0 Å². The number of aromatic amines is 1. The van der Waals surface area contributed by atoms with Gasteiger partial charge in [-0.15, -0.1) is 0 Å². The number of H-pyrrole nitrogens is 1. The molecule has 0 saturated carbocycles. The minimum absolute atomic E-state index is 0.201. The van der Waals surface area contributed by atoms with Crippen LogP contribution < -0.4 is 11.3 Å². The van der Waals surface area contributed by atoms with Crippen molar-refractivity contribution >= 4 is 5.82 Å². The lowest BCUT2D eigenvalue weighted by atomic mass is 10.2. The van der Waals surface area contributed by atoms with Gasteiger partial charge in [-0.2, -0.15) is 0 Å². The van der Waals surface area contributed by atoms with Crippen molar-refractivity contribution in [2.75, 3.05) is 5.73 Å². The molecular weight excluding hydrogens is 170 g/mol. The van der Waals surface area contributed by atoms with Gasteiger partial charge in [-0.3, -0.25) is 4.79 Å². The summed E-state index contributed by atoms with van der Waals surface area (Å²) >= 11 is 0. The van der Waals surface area contributed by atoms with Gasteiger partial charge in [0, 0.05) is 0 Å². The topological polar surface area (TPSA) is 79.1 Å². The summed E-state index contributed by atoms with van der Waals surface area (Å²) < 4.78 is 24.0. The first-order valence-corrected chi connectivity index (χ1v) is 3.02. The van der Waals surface area contributed by atoms with Crippen molar-refractivity contribution in [2.24, 2.45) is 0 Å². The highest BCUT2D eigenvalue weighted by Gasteiger charge is 2.15. The predicted octanol–water partition coefficient (Wildman–Crippen LogP) is 0.600. The summed E-state index contributed by atoms with van der Waals surface area (Å²) in [5, 5.41) is 8.81. The van der Waals surface area contributed by atoms with E-state index < -0.39 is 23.3 Å². The van der Waals surface area contributed by atoms with Crippen molar-refractivity contribution in [2.45, 2.75) is 6.43 Å². The number of nitrogens with two attached hydrogens (primary N) is 1. The van der Waals surface area contributed by atoms with Crippen molar-refractivity contribution in [3.63, 3.8) is 0 Å². The zero-order valence-corrected chi connectivity index (χ0v) is 5.84. The molecule has 1 aromatic rings. The SMILES string of the molecule is Nc1cc(C(F)F)c(O)c(=O)[nH]1. The first-order chi connectivity index (χ1) is 5.52. The summed E-state index contributed by atoms with van der Waals surface area (Å²) in [4.78, 5) is 12.6. The summed E-state index contributed by atoms with van der Waals surface area (Å²) in [5.74, 6) is -1.19. The van der Waals surface area contributed by atoms with Crippen molar-refractivity contribution in [3.8, 4) is 5.75 Å². The number of pyridine rings is 1. The monoisotopic (exact) mass is 176 g/mol. The third-order valence-corrected chi connectivity index (χ3v) is 1.29. The fourth-order valence-corrected chi connectivity index (χ4v) is 0.760. The van der Waals surface area contributed by atoms with Crippen LogP contribution in [0.2, 0.25) is 0 Å². The van der Waals surface area contributed by atoms with E-state index in [0.717, 1.165) is 6.07 Å². The highest BCUT2D eigenvalue weighted by Crippen LogP contribution is 2.25. The highest BCUT2D eigenvalue weighted by molar-refractivity contribution is 5.40. The molecule has 0 aromatic carbocycles. The number of aromatic nitrogens is 1. The van der Waals surface area contributed by atoms with Gasteiger partial charge in [-0.1, -0.05) is 0 Å². The van der Waals surface area contributed by atoms with Crippen molar-refractivity contribution in [3.05, 3.63) is 22.0 Å². The lowest BCUT2D eigenvalue weighted by Crippen LogP contribution is -2.10. The van der Waals surface area contributed by atoms with Crippen LogP contribution in [-0.4, -0.2) is 10.1 Å². The number of hydrogen-bond acceptors (Lipinski definition) is 3. The van der Waals surface area contributed by atoms with Crippen LogP contribution in [0.1, 0.15) is 12.0 Å². The quantitative estimate of drug-likeness (QED) is 0.586. The molecule has 0 amide bonds. The summed E-state index contributed by atoms with van der Waals surface area (Å²) in [7, 11) is 0. The van der Waals surface area contributed by atoms with Crippen molar-refractivity contribution < 1.29 is 13.9 Å². The molecule has 0 radical (unpaired) electrons. The number of anilines is 1. The Hall–Kier alpha value is -1.59. The number of nitrogen functional groups attached to an aromatic ring is 1. The molecule has 0 spiro atoms. The second-order valence-corrected chi connectivity index (χ2v) is 2.16. The van der Waals surface area contributed by atoms with E-state index in [2.05, 4.69) is 0 Å². The Labute approximate surface area is 65.6 Å². The average molecular weight is 176 g/mol. The van der Waals surface area contributed by atoms with Gasteiger partial charge >= 0.3 is 0 Å². The summed E-state index contributed by atoms with van der Waals surface area (Å²) in [6.07, 6.45) is -2.91. The molecule has 4 N–H and O–H groups in total. The lowest BCUT2D eigenvalue weighted by Gasteiger charge is -2.02. The second kappa shape index (κ2) is 2.80. The molecule has 0 bridgehead atoms. The molecule has 66 valence electrons. The van der Waals surface area contributed by atoms with Crippen LogP contribution in [0.25, 0.3) is 0 Å². The van der Waals surface area contributed by atoms with Gasteiger partial charge in [0.15, 0.2) is 5.75 Å². The molecule has 0 aliphatic carbocycles. The molecule has 0 atom stereocenters. The largest absolute Gasteiger partial charge is 0.503 e. The molecular formula is C6H6F2N2O2. The molecule has 1 rings (SSSR count). The normalized spacial score (nSPS) is 10.6. The van der Waals surface area contributed by atoms with E-state index in [-0.39, 0.29) is 5.82 Å². The molecule has 0 saturated heterocycles. The number of halogens is 2. The molecule has 6 heteroatoms. The van der Waals surface area contributed by atoms with Crippen molar-refractivity contribution in [1.29, 1.82) is 0 Å². The fourth-order valence-electron chi connectivity index (χ4n) is 0.760. The molecule has 0 fully saturated rings. The number of nitrogens with one attached hydrogen (secondary N) is 1. The Morgan fingerprint density at radius 1 is 1.58 bits per heavy atom. The number of alkyl halides is 2. The Morgan fingerprint density at radius 2 is 2.17 bits per heavy atom. The van der Waals surface area contributed by atoms with Crippen LogP contribution in [0, 0.1) is 0 Å². The summed E-state index contributed by atoms with van der Waals surface area (Å²) in [5.41, 5.74) is 3.30. The minimum Gasteiger partial charge on any atom is -0.503 e. The van der Waals surface area contributed by atoms with E-state index in [1.165, 1.54) is 0 Å². The molecule has 0 aliphatic rings. The van der Waals surface area contributed by atoms with Gasteiger partial charge < -0.3 is 15.8 Å². The van der Waals surface area contributed by atoms with Gasteiger partial charge in [0.2, 0.25) is 0 Å². The number of aromatic hydroxyl groups is 1. The van der Waals surface area contributed by atoms with Gasteiger partial charge in [-0.05, 0) is 6.07 Å². The molecule has 4 nitrogen and oxygen atoms in total. The molecule has 1 aromatic heterocycles. The molecule has 0 aliphatic heterocycles. The first-order valence-electron chi connectivity index (χ1n) is 3.02. The Kier molecular flexibility index (Phi) is 1.99. The molecule has 0 unspecified atom stereocenters. The van der Waals surface area contributed by atoms with Crippen LogP contribution in [0.3, 0.4) is 0 Å². The van der Waals surface area contributed by atoms with E-state index in [1.807, 2.05) is 4.98 Å². The highest BCUT2D eigenvalue weighted by atomic mass is 19.3. The summed E-state index contributed by atoms with van der Waals surface area (Å²) in [6.45, 7) is 0. The maximum Gasteiger partial charge on any atom is 0.292 e. The van der Waals surface area contributed by atoms with Crippen LogP contribution >= 0.6 is 0 Å². The standard InChI is InChI=1S/C6H6F2N2O2/c7-5(8)2-1-3(9)10-6(12)4(2)11/h1,5,11H,(H3,9,10,12). The summed E-state index contributed by atoms with van der Waals surface area (Å²) in [6, 6.07) is 0.821. The van der Waals surface area contributed by atoms with Gasteiger partial charge in [0.25, 0.3) is 12.0 Å². The Bertz CT molecular complexity index is 348. The maximum atomic E-state index is 12.0. The second-order valence-electron chi connectivity index (χ2n) is 2.16. The Balaban J connectivity index is 3.38. The smallest absolute Gasteiger partial charge is 0.292 e. The molecule has 12 heavy (non-hydrogen) atoms. The minimum atomic E-state index is -2.91. The van der Waals surface area contributed by atoms with E-state index >= 15 is 0 Å². The fraction of sp³-hybridized carbons (Fsp3) is 0.167. The van der Waals surface area contributed by atoms with E-state index in [9.17, 15) is 13.6 Å². The third-order valence-electron chi connectivity index (χ3n) is 1.29. The van der Waals surface area contributed by atoms with Crippen LogP contribution in [0.4, 0.5) is 14.6 Å². The van der Waals surface area contributed by atoms with Gasteiger partial charge in [0.05, 0.1) is 5.56 Å². The van der Waals surface area contributed by atoms with Gasteiger partial charge in [-0.25, -0.2) is 8.78 Å². The van der Waals surface area contributed by atoms with E-state index in [4.69, 9.17) is 10.8 Å². The number of rotatable bonds is 1. The van der Waals surface area contributed by atoms with Crippen LogP contribution in [0.15, 0.2) is 10.9 Å². The van der Waals surface area contributed by atoms with Gasteiger partial charge in [0.1, 0.15) is 5.82 Å². The zero-order chi connectivity index (χ0) is 9.30. The van der Waals surface area contributed by atoms with E-state index in [0.29, 0.717) is 0 Å². The predicted molar refractivity (Wildman–Crippen MR) is 38.1 cm³/mol. The third kappa shape index (κ3) is 1.36. The van der Waals surface area contributed by atoms with Crippen molar-refractivity contribution in [1.82, 2.24) is 4.98 Å². The number of hydrogen-bond donors (Lipinski definition) is 3.